The third-order valence-electron chi connectivity index (χ3n) is 5.97. The van der Waals surface area contributed by atoms with Gasteiger partial charge in [0.05, 0.1) is 18.3 Å². The molecule has 2 aliphatic heterocycles. The third kappa shape index (κ3) is 3.77. The zero-order chi connectivity index (χ0) is 19.7. The van der Waals surface area contributed by atoms with Crippen LogP contribution in [0.3, 0.4) is 0 Å². The van der Waals surface area contributed by atoms with E-state index in [0.717, 1.165) is 42.5 Å². The summed E-state index contributed by atoms with van der Waals surface area (Å²) in [6.07, 6.45) is 7.21. The van der Waals surface area contributed by atoms with Crippen molar-refractivity contribution in [1.82, 2.24) is 20.2 Å². The largest absolute Gasteiger partial charge is 0.348 e. The van der Waals surface area contributed by atoms with Crippen molar-refractivity contribution >= 4 is 11.8 Å². The van der Waals surface area contributed by atoms with Gasteiger partial charge in [0.15, 0.2) is 0 Å². The molecule has 1 aromatic heterocycles. The number of rotatable bonds is 4. The van der Waals surface area contributed by atoms with E-state index in [2.05, 4.69) is 20.2 Å². The molecule has 2 saturated heterocycles. The van der Waals surface area contributed by atoms with E-state index in [-0.39, 0.29) is 29.9 Å². The summed E-state index contributed by atoms with van der Waals surface area (Å²) < 4.78 is 0. The summed E-state index contributed by atoms with van der Waals surface area (Å²) in [5.74, 6) is 0.0209. The van der Waals surface area contributed by atoms with Gasteiger partial charge in [-0.3, -0.25) is 14.6 Å². The molecule has 146 valence electrons. The first-order valence-electron chi connectivity index (χ1n) is 9.96. The van der Waals surface area contributed by atoms with Crippen LogP contribution in [0.1, 0.15) is 53.0 Å². The lowest BCUT2D eigenvalue weighted by Gasteiger charge is -2.39. The minimum absolute atomic E-state index is 0.0793. The average molecular weight is 378 g/mol. The number of carbonyl (C=O) groups excluding carboxylic acids is 2. The van der Waals surface area contributed by atoms with Gasteiger partial charge < -0.3 is 10.2 Å². The minimum atomic E-state index is -0.184. The van der Waals surface area contributed by atoms with Crippen molar-refractivity contribution in [3.8, 4) is 0 Å². The Hall–Kier alpha value is -2.76. The molecule has 2 fully saturated rings. The fraction of sp³-hybridized carbons (Fsp3) is 0.455. The monoisotopic (exact) mass is 378 g/mol. The van der Waals surface area contributed by atoms with Gasteiger partial charge >= 0.3 is 0 Å². The van der Waals surface area contributed by atoms with Gasteiger partial charge in [0.1, 0.15) is 5.69 Å². The Morgan fingerprint density at radius 2 is 1.79 bits per heavy atom. The number of nitrogens with one attached hydrogen (secondary N) is 1. The molecule has 28 heavy (non-hydrogen) atoms. The first-order valence-corrected chi connectivity index (χ1v) is 9.96. The second-order valence-corrected chi connectivity index (χ2v) is 7.97. The van der Waals surface area contributed by atoms with E-state index in [1.165, 1.54) is 6.20 Å². The van der Waals surface area contributed by atoms with E-state index in [0.29, 0.717) is 12.1 Å². The highest BCUT2D eigenvalue weighted by Gasteiger charge is 2.43. The molecule has 2 amide bonds. The summed E-state index contributed by atoms with van der Waals surface area (Å²) in [5, 5.41) is 3.09. The normalized spacial score (nSPS) is 23.5. The topological polar surface area (TPSA) is 75.2 Å². The number of piperidine rings is 1. The second-order valence-electron chi connectivity index (χ2n) is 7.97. The van der Waals surface area contributed by atoms with Gasteiger partial charge in [0.25, 0.3) is 5.91 Å². The van der Waals surface area contributed by atoms with Crippen molar-refractivity contribution in [3.63, 3.8) is 0 Å². The molecule has 0 spiro atoms. The Labute approximate surface area is 165 Å². The van der Waals surface area contributed by atoms with Crippen LogP contribution >= 0.6 is 0 Å². The first kappa shape index (κ1) is 18.6. The molecule has 6 nitrogen and oxygen atoms in total. The molecule has 1 aromatic carbocycles. The smallest absolute Gasteiger partial charge is 0.271 e. The Morgan fingerprint density at radius 3 is 2.43 bits per heavy atom. The van der Waals surface area contributed by atoms with Crippen LogP contribution in [0.25, 0.3) is 0 Å². The molecule has 2 atom stereocenters. The van der Waals surface area contributed by atoms with Crippen LogP contribution in [0, 0.1) is 13.8 Å². The lowest BCUT2D eigenvalue weighted by Crippen LogP contribution is -2.52. The number of amides is 2. The Bertz CT molecular complexity index is 866. The van der Waals surface area contributed by atoms with E-state index in [1.807, 2.05) is 38.1 Å². The molecule has 2 unspecified atom stereocenters. The summed E-state index contributed by atoms with van der Waals surface area (Å²) >= 11 is 0. The zero-order valence-electron chi connectivity index (χ0n) is 16.4. The SMILES string of the molecule is Cc1cnc(C(=O)NC2CC3CCC(C2)N3C(=O)Cc2ccccc2C)cn1. The van der Waals surface area contributed by atoms with E-state index in [4.69, 9.17) is 0 Å². The Kier molecular flexibility index (Phi) is 5.11. The van der Waals surface area contributed by atoms with Crippen molar-refractivity contribution in [3.05, 3.63) is 59.2 Å². The number of aryl methyl sites for hydroxylation is 2. The predicted octanol–water partition coefficient (Wildman–Crippen LogP) is 2.59. The van der Waals surface area contributed by atoms with Crippen LogP contribution in [-0.4, -0.2) is 44.8 Å². The average Bonchev–Trinajstić information content (AvgIpc) is 2.95. The molecule has 0 saturated carbocycles. The maximum absolute atomic E-state index is 13.0. The van der Waals surface area contributed by atoms with Crippen molar-refractivity contribution in [1.29, 1.82) is 0 Å². The van der Waals surface area contributed by atoms with Crippen LogP contribution in [-0.2, 0) is 11.2 Å². The fourth-order valence-electron chi connectivity index (χ4n) is 4.53. The number of hydrogen-bond donors (Lipinski definition) is 1. The van der Waals surface area contributed by atoms with Crippen molar-refractivity contribution in [2.24, 2.45) is 0 Å². The summed E-state index contributed by atoms with van der Waals surface area (Å²) in [6, 6.07) is 8.57. The molecular weight excluding hydrogens is 352 g/mol. The number of nitrogens with zero attached hydrogens (tertiary/aromatic N) is 3. The molecule has 0 aliphatic carbocycles. The van der Waals surface area contributed by atoms with Gasteiger partial charge in [-0.25, -0.2) is 4.98 Å². The summed E-state index contributed by atoms with van der Waals surface area (Å²) in [5.41, 5.74) is 3.39. The van der Waals surface area contributed by atoms with Gasteiger partial charge in [0, 0.05) is 24.3 Å². The molecular formula is C22H26N4O2. The molecule has 0 radical (unpaired) electrons. The maximum atomic E-state index is 13.0. The highest BCUT2D eigenvalue weighted by Crippen LogP contribution is 2.36. The number of aromatic nitrogens is 2. The highest BCUT2D eigenvalue weighted by atomic mass is 16.2. The molecule has 1 N–H and O–H groups in total. The number of fused-ring (bicyclic) bond motifs is 2. The van der Waals surface area contributed by atoms with Crippen molar-refractivity contribution in [2.75, 3.05) is 0 Å². The number of benzene rings is 1. The van der Waals surface area contributed by atoms with Crippen LogP contribution < -0.4 is 5.32 Å². The molecule has 4 rings (SSSR count). The molecule has 2 aromatic rings. The van der Waals surface area contributed by atoms with E-state index in [1.54, 1.807) is 6.20 Å². The molecule has 3 heterocycles. The zero-order valence-corrected chi connectivity index (χ0v) is 16.4. The standard InChI is InChI=1S/C22H26N4O2/c1-14-5-3-4-6-16(14)9-21(27)26-18-7-8-19(26)11-17(10-18)25-22(28)20-13-23-15(2)12-24-20/h3-6,12-13,17-19H,7-11H2,1-2H3,(H,25,28). The van der Waals surface area contributed by atoms with Crippen molar-refractivity contribution < 1.29 is 9.59 Å². The predicted molar refractivity (Wildman–Crippen MR) is 106 cm³/mol. The van der Waals surface area contributed by atoms with Crippen molar-refractivity contribution in [2.45, 2.75) is 64.1 Å². The second kappa shape index (κ2) is 7.70. The molecule has 6 heteroatoms. The number of hydrogen-bond acceptors (Lipinski definition) is 4. The quantitative estimate of drug-likeness (QED) is 0.887. The Morgan fingerprint density at radius 1 is 1.07 bits per heavy atom. The molecule has 2 bridgehead atoms. The Balaban J connectivity index is 1.39. The maximum Gasteiger partial charge on any atom is 0.271 e. The fourth-order valence-corrected chi connectivity index (χ4v) is 4.53. The summed E-state index contributed by atoms with van der Waals surface area (Å²) in [6.45, 7) is 3.89. The minimum Gasteiger partial charge on any atom is -0.348 e. The lowest BCUT2D eigenvalue weighted by molar-refractivity contribution is -0.135. The number of carbonyl (C=O) groups is 2. The van der Waals surface area contributed by atoms with Gasteiger partial charge in [-0.05, 0) is 50.7 Å². The van der Waals surface area contributed by atoms with Gasteiger partial charge in [-0.1, -0.05) is 24.3 Å². The van der Waals surface area contributed by atoms with Crippen LogP contribution in [0.15, 0.2) is 36.7 Å². The van der Waals surface area contributed by atoms with E-state index < -0.39 is 0 Å². The van der Waals surface area contributed by atoms with Crippen LogP contribution in [0.5, 0.6) is 0 Å². The van der Waals surface area contributed by atoms with Crippen LogP contribution in [0.2, 0.25) is 0 Å². The first-order chi connectivity index (χ1) is 13.5. The third-order valence-corrected chi connectivity index (χ3v) is 5.97. The summed E-state index contributed by atoms with van der Waals surface area (Å²) in [4.78, 5) is 35.8. The highest BCUT2D eigenvalue weighted by molar-refractivity contribution is 5.92. The van der Waals surface area contributed by atoms with E-state index in [9.17, 15) is 9.59 Å². The lowest BCUT2D eigenvalue weighted by atomic mass is 9.95. The summed E-state index contributed by atoms with van der Waals surface area (Å²) in [7, 11) is 0. The van der Waals surface area contributed by atoms with Gasteiger partial charge in [-0.15, -0.1) is 0 Å². The van der Waals surface area contributed by atoms with Crippen LogP contribution in [0.4, 0.5) is 0 Å². The van der Waals surface area contributed by atoms with E-state index >= 15 is 0 Å². The van der Waals surface area contributed by atoms with Gasteiger partial charge in [-0.2, -0.15) is 0 Å². The van der Waals surface area contributed by atoms with Gasteiger partial charge in [0.2, 0.25) is 5.91 Å². The molecule has 2 aliphatic rings.